The largest absolute Gasteiger partial charge is 0.495 e. The first-order valence-electron chi connectivity index (χ1n) is 9.26. The van der Waals surface area contributed by atoms with E-state index in [9.17, 15) is 14.4 Å². The summed E-state index contributed by atoms with van der Waals surface area (Å²) >= 11 is 6.05. The maximum atomic E-state index is 12.7. The molecule has 0 aliphatic carbocycles. The monoisotopic (exact) mass is 426 g/mol. The smallest absolute Gasteiger partial charge is 0.325 e. The number of hydrogen-bond acceptors (Lipinski definition) is 4. The predicted octanol–water partition coefficient (Wildman–Crippen LogP) is 2.93. The van der Waals surface area contributed by atoms with E-state index in [1.54, 1.807) is 12.1 Å². The lowest BCUT2D eigenvalue weighted by Crippen LogP contribution is -2.38. The first-order chi connectivity index (χ1) is 14.5. The minimum atomic E-state index is -0.722. The summed E-state index contributed by atoms with van der Waals surface area (Å²) in [5.74, 6) is -0.468. The van der Waals surface area contributed by atoms with Crippen LogP contribution in [-0.4, -0.2) is 47.4 Å². The van der Waals surface area contributed by atoms with E-state index in [4.69, 9.17) is 16.3 Å². The number of carbonyl (C=O) groups excluding carboxylic acids is 3. The van der Waals surface area contributed by atoms with Crippen LogP contribution in [0, 0.1) is 0 Å². The molecule has 1 saturated heterocycles. The van der Waals surface area contributed by atoms with E-state index in [-0.39, 0.29) is 0 Å². The number of rotatable bonds is 6. The number of aromatic nitrogens is 1. The number of hydrogen-bond donors (Lipinski definition) is 3. The Morgan fingerprint density at radius 2 is 2.03 bits per heavy atom. The van der Waals surface area contributed by atoms with Crippen LogP contribution < -0.4 is 15.4 Å². The molecule has 0 bridgehead atoms. The van der Waals surface area contributed by atoms with Gasteiger partial charge in [-0.2, -0.15) is 0 Å². The van der Waals surface area contributed by atoms with Crippen LogP contribution in [0.5, 0.6) is 5.75 Å². The topological polar surface area (TPSA) is 104 Å². The number of imide groups is 1. The van der Waals surface area contributed by atoms with Crippen molar-refractivity contribution < 1.29 is 19.1 Å². The van der Waals surface area contributed by atoms with Gasteiger partial charge in [0.2, 0.25) is 5.91 Å². The lowest BCUT2D eigenvalue weighted by molar-refractivity contribution is -0.130. The minimum Gasteiger partial charge on any atom is -0.495 e. The summed E-state index contributed by atoms with van der Waals surface area (Å²) in [6, 6.07) is 11.2. The Morgan fingerprint density at radius 1 is 1.23 bits per heavy atom. The Hall–Kier alpha value is -3.52. The number of nitrogens with one attached hydrogen (secondary N) is 3. The van der Waals surface area contributed by atoms with Crippen LogP contribution in [0.4, 0.5) is 10.5 Å². The SMILES string of the molecule is COc1ccc(NC(=O)CN2C(=O)N[C@H](Cc3c[nH]c4ccccc34)C2=O)cc1Cl. The number of aromatic amines is 1. The van der Waals surface area contributed by atoms with Crippen LogP contribution in [0.1, 0.15) is 5.56 Å². The molecule has 154 valence electrons. The molecule has 0 unspecified atom stereocenters. The second-order valence-corrected chi connectivity index (χ2v) is 7.29. The fourth-order valence-corrected chi connectivity index (χ4v) is 3.73. The van der Waals surface area contributed by atoms with Crippen molar-refractivity contribution in [3.63, 3.8) is 0 Å². The van der Waals surface area contributed by atoms with Crippen molar-refractivity contribution in [1.82, 2.24) is 15.2 Å². The number of benzene rings is 2. The molecule has 2 heterocycles. The van der Waals surface area contributed by atoms with Crippen LogP contribution in [0.3, 0.4) is 0 Å². The van der Waals surface area contributed by atoms with Gasteiger partial charge in [0.15, 0.2) is 0 Å². The van der Waals surface area contributed by atoms with E-state index in [0.29, 0.717) is 22.9 Å². The third-order valence-corrected chi connectivity index (χ3v) is 5.24. The lowest BCUT2D eigenvalue weighted by atomic mass is 10.1. The molecule has 1 aliphatic heterocycles. The van der Waals surface area contributed by atoms with E-state index in [1.807, 2.05) is 30.5 Å². The van der Waals surface area contributed by atoms with Crippen LogP contribution in [0.15, 0.2) is 48.7 Å². The average Bonchev–Trinajstić information content (AvgIpc) is 3.25. The zero-order valence-electron chi connectivity index (χ0n) is 16.1. The van der Waals surface area contributed by atoms with Gasteiger partial charge in [0, 0.05) is 29.2 Å². The summed E-state index contributed by atoms with van der Waals surface area (Å²) in [5.41, 5.74) is 2.32. The third-order valence-electron chi connectivity index (χ3n) is 4.94. The number of halogens is 1. The number of anilines is 1. The van der Waals surface area contributed by atoms with Gasteiger partial charge < -0.3 is 20.4 Å². The van der Waals surface area contributed by atoms with E-state index in [1.165, 1.54) is 13.2 Å². The van der Waals surface area contributed by atoms with Crippen LogP contribution in [0.2, 0.25) is 5.02 Å². The summed E-state index contributed by atoms with van der Waals surface area (Å²) in [4.78, 5) is 41.4. The minimum absolute atomic E-state index is 0.334. The Labute approximate surface area is 177 Å². The summed E-state index contributed by atoms with van der Waals surface area (Å²) in [5, 5.41) is 6.61. The number of urea groups is 1. The van der Waals surface area contributed by atoms with Crippen molar-refractivity contribution >= 4 is 46.0 Å². The second-order valence-electron chi connectivity index (χ2n) is 6.89. The van der Waals surface area contributed by atoms with Gasteiger partial charge >= 0.3 is 6.03 Å². The molecule has 1 fully saturated rings. The molecule has 4 rings (SSSR count). The van der Waals surface area contributed by atoms with Gasteiger partial charge in [-0.3, -0.25) is 14.5 Å². The van der Waals surface area contributed by atoms with E-state index in [2.05, 4.69) is 15.6 Å². The summed E-state index contributed by atoms with van der Waals surface area (Å²) in [6.45, 7) is -0.390. The molecule has 1 aliphatic rings. The number of para-hydroxylation sites is 1. The molecule has 0 spiro atoms. The molecular formula is C21H19ClN4O4. The number of nitrogens with zero attached hydrogens (tertiary/aromatic N) is 1. The molecule has 30 heavy (non-hydrogen) atoms. The molecule has 0 saturated carbocycles. The Bertz CT molecular complexity index is 1140. The molecular weight excluding hydrogens is 408 g/mol. The van der Waals surface area contributed by atoms with Crippen molar-refractivity contribution in [2.75, 3.05) is 19.0 Å². The molecule has 8 nitrogen and oxygen atoms in total. The Balaban J connectivity index is 1.41. The Kier molecular flexibility index (Phi) is 5.33. The maximum Gasteiger partial charge on any atom is 0.325 e. The van der Waals surface area contributed by atoms with E-state index < -0.39 is 30.4 Å². The molecule has 2 aromatic carbocycles. The molecule has 1 atom stereocenters. The molecule has 3 N–H and O–H groups in total. The van der Waals surface area contributed by atoms with Crippen molar-refractivity contribution in [1.29, 1.82) is 0 Å². The van der Waals surface area contributed by atoms with Gasteiger partial charge in [-0.1, -0.05) is 29.8 Å². The molecule has 4 amide bonds. The summed E-state index contributed by atoms with van der Waals surface area (Å²) in [6.07, 6.45) is 2.16. The number of H-pyrrole nitrogens is 1. The highest BCUT2D eigenvalue weighted by molar-refractivity contribution is 6.32. The lowest BCUT2D eigenvalue weighted by Gasteiger charge is -2.13. The number of fused-ring (bicyclic) bond motifs is 1. The molecule has 3 aromatic rings. The van der Waals surface area contributed by atoms with Gasteiger partial charge in [0.25, 0.3) is 5.91 Å². The zero-order valence-corrected chi connectivity index (χ0v) is 16.8. The van der Waals surface area contributed by atoms with Crippen molar-refractivity contribution in [3.05, 3.63) is 59.2 Å². The first kappa shape index (κ1) is 19.8. The normalized spacial score (nSPS) is 16.1. The zero-order chi connectivity index (χ0) is 21.3. The maximum absolute atomic E-state index is 12.7. The van der Waals surface area contributed by atoms with Gasteiger partial charge in [-0.15, -0.1) is 0 Å². The highest BCUT2D eigenvalue weighted by atomic mass is 35.5. The van der Waals surface area contributed by atoms with Gasteiger partial charge in [0.05, 0.1) is 12.1 Å². The van der Waals surface area contributed by atoms with Crippen LogP contribution in [-0.2, 0) is 16.0 Å². The predicted molar refractivity (Wildman–Crippen MR) is 113 cm³/mol. The fraction of sp³-hybridized carbons (Fsp3) is 0.190. The summed E-state index contributed by atoms with van der Waals surface area (Å²) < 4.78 is 5.07. The standard InChI is InChI=1S/C21H19ClN4O4/c1-30-18-7-6-13(9-15(18)22)24-19(27)11-26-20(28)17(25-21(26)29)8-12-10-23-16-5-3-2-4-14(12)16/h2-7,9-10,17,23H,8,11H2,1H3,(H,24,27)(H,25,29)/t17-/m1/s1. The number of ether oxygens (including phenoxy) is 1. The van der Waals surface area contributed by atoms with Crippen molar-refractivity contribution in [2.24, 2.45) is 0 Å². The number of methoxy groups -OCH3 is 1. The third kappa shape index (κ3) is 3.81. The molecule has 9 heteroatoms. The summed E-state index contributed by atoms with van der Waals surface area (Å²) in [7, 11) is 1.49. The van der Waals surface area contributed by atoms with Gasteiger partial charge in [-0.05, 0) is 29.8 Å². The van der Waals surface area contributed by atoms with Crippen LogP contribution in [0.25, 0.3) is 10.9 Å². The highest BCUT2D eigenvalue weighted by Crippen LogP contribution is 2.27. The molecule has 0 radical (unpaired) electrons. The molecule has 1 aromatic heterocycles. The van der Waals surface area contributed by atoms with Gasteiger partial charge in [-0.25, -0.2) is 4.79 Å². The number of amides is 4. The van der Waals surface area contributed by atoms with Gasteiger partial charge in [0.1, 0.15) is 18.3 Å². The van der Waals surface area contributed by atoms with Crippen LogP contribution >= 0.6 is 11.6 Å². The van der Waals surface area contributed by atoms with E-state index in [0.717, 1.165) is 21.4 Å². The second kappa shape index (κ2) is 8.08. The Morgan fingerprint density at radius 3 is 2.80 bits per heavy atom. The van der Waals surface area contributed by atoms with E-state index >= 15 is 0 Å². The van der Waals surface area contributed by atoms with Crippen molar-refractivity contribution in [3.8, 4) is 5.75 Å². The quantitative estimate of drug-likeness (QED) is 0.527. The van der Waals surface area contributed by atoms with Crippen molar-refractivity contribution in [2.45, 2.75) is 12.5 Å². The first-order valence-corrected chi connectivity index (χ1v) is 9.64. The average molecular weight is 427 g/mol. The highest BCUT2D eigenvalue weighted by Gasteiger charge is 2.39. The number of carbonyl (C=O) groups is 3. The fourth-order valence-electron chi connectivity index (χ4n) is 3.47.